The van der Waals surface area contributed by atoms with Crippen molar-refractivity contribution in [2.24, 2.45) is 5.10 Å². The lowest BCUT2D eigenvalue weighted by molar-refractivity contribution is 0.122. The van der Waals surface area contributed by atoms with E-state index in [1.54, 1.807) is 42.7 Å². The van der Waals surface area contributed by atoms with E-state index in [1.165, 1.54) is 12.4 Å². The van der Waals surface area contributed by atoms with Crippen molar-refractivity contribution in [1.29, 1.82) is 0 Å². The van der Waals surface area contributed by atoms with Crippen molar-refractivity contribution >= 4 is 34.3 Å². The summed E-state index contributed by atoms with van der Waals surface area (Å²) < 4.78 is 32.2. The number of halogens is 1. The molecule has 2 aliphatic rings. The molecular formula is C30H33FN6O3. The molecule has 0 amide bonds. The van der Waals surface area contributed by atoms with Gasteiger partial charge in [0.05, 0.1) is 49.1 Å². The van der Waals surface area contributed by atoms with Crippen LogP contribution in [0.1, 0.15) is 20.3 Å². The Morgan fingerprint density at radius 2 is 2.02 bits per heavy atom. The van der Waals surface area contributed by atoms with Gasteiger partial charge in [-0.3, -0.25) is 5.01 Å². The van der Waals surface area contributed by atoms with E-state index in [0.29, 0.717) is 53.7 Å². The lowest BCUT2D eigenvalue weighted by atomic mass is 10.1. The molecule has 0 atom stereocenters. The highest BCUT2D eigenvalue weighted by molar-refractivity contribution is 6.00. The molecule has 3 heterocycles. The highest BCUT2D eigenvalue weighted by atomic mass is 19.1. The van der Waals surface area contributed by atoms with Gasteiger partial charge in [0.15, 0.2) is 5.75 Å². The van der Waals surface area contributed by atoms with Gasteiger partial charge in [-0.25, -0.2) is 14.4 Å². The van der Waals surface area contributed by atoms with E-state index < -0.39 is 5.82 Å². The number of rotatable bonds is 7. The van der Waals surface area contributed by atoms with Crippen LogP contribution in [0.4, 0.5) is 21.6 Å². The molecule has 0 spiro atoms. The summed E-state index contributed by atoms with van der Waals surface area (Å²) in [7, 11) is 1.62. The van der Waals surface area contributed by atoms with Gasteiger partial charge in [0.1, 0.15) is 29.5 Å². The molecule has 2 aromatic carbocycles. The monoisotopic (exact) mass is 544 g/mol. The average molecular weight is 545 g/mol. The topological polar surface area (TPSA) is 84.3 Å². The number of methoxy groups -OCH3 is 1. The number of hydrogen-bond donors (Lipinski definition) is 1. The van der Waals surface area contributed by atoms with Crippen molar-refractivity contribution < 1.29 is 18.6 Å². The third kappa shape index (κ3) is 6.87. The third-order valence-corrected chi connectivity index (χ3v) is 6.08. The van der Waals surface area contributed by atoms with Crippen LogP contribution in [0.5, 0.6) is 11.5 Å². The highest BCUT2D eigenvalue weighted by Crippen LogP contribution is 2.40. The molecule has 0 bridgehead atoms. The van der Waals surface area contributed by atoms with Crippen LogP contribution in [0, 0.1) is 18.2 Å². The number of nitrogens with one attached hydrogen (secondary N) is 1. The number of nitrogens with zero attached hydrogens (tertiary/aromatic N) is 5. The minimum Gasteiger partial charge on any atom is -0.494 e. The minimum absolute atomic E-state index is 0.262. The van der Waals surface area contributed by atoms with Crippen molar-refractivity contribution in [3.05, 3.63) is 66.6 Å². The molecule has 5 rings (SSSR count). The molecule has 0 saturated carbocycles. The zero-order valence-electron chi connectivity index (χ0n) is 22.9. The Balaban J connectivity index is 0.000000867. The second kappa shape index (κ2) is 14.0. The van der Waals surface area contributed by atoms with Crippen molar-refractivity contribution in [1.82, 2.24) is 15.0 Å². The number of hydrogen-bond acceptors (Lipinski definition) is 9. The summed E-state index contributed by atoms with van der Waals surface area (Å²) in [6.45, 7) is 7.18. The standard InChI is InChI=1S/C26H27FN6O3.C4H6/c1-3-30-33-10-8-18(9-11-33)36-19-4-5-21(20(27)16-19)31-26-24-22(28-17-29-26)6-7-23(25(24)34-2)32-12-14-35-15-13-32;1-3-4-2/h3-10,16-17H,11-15H2,1-2H3,(H,28,29,31);1H,4H2,2H3/b30-3-;. The second-order valence-electron chi connectivity index (χ2n) is 8.68. The second-order valence-corrected chi connectivity index (χ2v) is 8.68. The molecule has 1 fully saturated rings. The maximum Gasteiger partial charge on any atom is 0.155 e. The molecule has 2 aliphatic heterocycles. The summed E-state index contributed by atoms with van der Waals surface area (Å²) in [5, 5.41) is 9.75. The van der Waals surface area contributed by atoms with E-state index in [2.05, 4.69) is 31.2 Å². The zero-order chi connectivity index (χ0) is 28.3. The van der Waals surface area contributed by atoms with E-state index in [1.807, 2.05) is 32.1 Å². The molecule has 0 radical (unpaired) electrons. The number of benzene rings is 2. The van der Waals surface area contributed by atoms with Crippen molar-refractivity contribution in [3.8, 4) is 23.8 Å². The predicted octanol–water partition coefficient (Wildman–Crippen LogP) is 5.49. The summed E-state index contributed by atoms with van der Waals surface area (Å²) >= 11 is 0. The molecule has 3 aromatic rings. The Morgan fingerprint density at radius 3 is 2.67 bits per heavy atom. The van der Waals surface area contributed by atoms with Gasteiger partial charge < -0.3 is 24.4 Å². The summed E-state index contributed by atoms with van der Waals surface area (Å²) in [5.74, 6) is 4.06. The highest BCUT2D eigenvalue weighted by Gasteiger charge is 2.21. The number of anilines is 3. The number of aromatic nitrogens is 2. The van der Waals surface area contributed by atoms with Gasteiger partial charge in [0.2, 0.25) is 0 Å². The Kier molecular flexibility index (Phi) is 9.91. The van der Waals surface area contributed by atoms with E-state index in [9.17, 15) is 0 Å². The Bertz CT molecular complexity index is 1440. The number of fused-ring (bicyclic) bond motifs is 1. The fourth-order valence-corrected chi connectivity index (χ4v) is 4.17. The molecule has 1 N–H and O–H groups in total. The van der Waals surface area contributed by atoms with E-state index >= 15 is 4.39 Å². The van der Waals surface area contributed by atoms with E-state index in [-0.39, 0.29) is 5.69 Å². The van der Waals surface area contributed by atoms with Gasteiger partial charge >= 0.3 is 0 Å². The van der Waals surface area contributed by atoms with Crippen molar-refractivity contribution in [2.75, 3.05) is 50.2 Å². The molecule has 0 aliphatic carbocycles. The van der Waals surface area contributed by atoms with Crippen molar-refractivity contribution in [2.45, 2.75) is 20.3 Å². The zero-order valence-corrected chi connectivity index (χ0v) is 22.9. The van der Waals surface area contributed by atoms with Crippen LogP contribution in [0.2, 0.25) is 0 Å². The Labute approximate surface area is 234 Å². The van der Waals surface area contributed by atoms with Crippen LogP contribution < -0.4 is 19.7 Å². The maximum atomic E-state index is 15.1. The van der Waals surface area contributed by atoms with Crippen LogP contribution in [0.15, 0.2) is 65.9 Å². The van der Waals surface area contributed by atoms with Crippen LogP contribution in [0.3, 0.4) is 0 Å². The van der Waals surface area contributed by atoms with Crippen LogP contribution in [-0.4, -0.2) is 61.1 Å². The number of allylic oxidation sites excluding steroid dienone is 1. The number of hydrazone groups is 1. The van der Waals surface area contributed by atoms with Gasteiger partial charge in [-0.2, -0.15) is 5.10 Å². The molecule has 9 nitrogen and oxygen atoms in total. The predicted molar refractivity (Wildman–Crippen MR) is 157 cm³/mol. The first-order valence-electron chi connectivity index (χ1n) is 13.0. The van der Waals surface area contributed by atoms with E-state index in [0.717, 1.165) is 25.2 Å². The molecule has 1 saturated heterocycles. The molecular weight excluding hydrogens is 511 g/mol. The van der Waals surface area contributed by atoms with Crippen molar-refractivity contribution in [3.63, 3.8) is 0 Å². The van der Waals surface area contributed by atoms with Gasteiger partial charge in [-0.15, -0.1) is 12.3 Å². The van der Waals surface area contributed by atoms with Gasteiger partial charge in [0, 0.05) is 38.0 Å². The molecule has 208 valence electrons. The van der Waals surface area contributed by atoms with Crippen LogP contribution in [-0.2, 0) is 4.74 Å². The molecule has 1 aromatic heterocycles. The first-order valence-corrected chi connectivity index (χ1v) is 13.0. The lowest BCUT2D eigenvalue weighted by Gasteiger charge is -2.30. The lowest BCUT2D eigenvalue weighted by Crippen LogP contribution is -2.36. The average Bonchev–Trinajstić information content (AvgIpc) is 2.99. The summed E-state index contributed by atoms with van der Waals surface area (Å²) in [4.78, 5) is 11.0. The molecule has 10 heteroatoms. The number of terminal acetylenes is 1. The smallest absolute Gasteiger partial charge is 0.155 e. The first kappa shape index (κ1) is 28.4. The molecule has 40 heavy (non-hydrogen) atoms. The normalized spacial score (nSPS) is 14.8. The summed E-state index contributed by atoms with van der Waals surface area (Å²) in [6, 6.07) is 8.57. The third-order valence-electron chi connectivity index (χ3n) is 6.08. The first-order chi connectivity index (χ1) is 19.6. The maximum absolute atomic E-state index is 15.1. The molecule has 0 unspecified atom stereocenters. The SMILES string of the molecule is C#CCC.C/C=N\N1C=CC(Oc2ccc(Nc3ncnc4ccc(N5CCOCC5)c(OC)c34)c(F)c2)=CC1. The summed E-state index contributed by atoms with van der Waals surface area (Å²) in [5.41, 5.74) is 1.88. The van der Waals surface area contributed by atoms with Gasteiger partial charge in [-0.05, 0) is 43.3 Å². The van der Waals surface area contributed by atoms with Crippen LogP contribution in [0.25, 0.3) is 10.9 Å². The Morgan fingerprint density at radius 1 is 1.23 bits per heavy atom. The largest absolute Gasteiger partial charge is 0.494 e. The van der Waals surface area contributed by atoms with Crippen LogP contribution >= 0.6 is 0 Å². The Hall–Kier alpha value is -4.62. The number of morpholine rings is 1. The fraction of sp³-hybridized carbons (Fsp3) is 0.300. The van der Waals surface area contributed by atoms with Gasteiger partial charge in [0.25, 0.3) is 0 Å². The minimum atomic E-state index is -0.472. The number of ether oxygens (including phenoxy) is 3. The summed E-state index contributed by atoms with van der Waals surface area (Å²) in [6.07, 6.45) is 14.3. The fourth-order valence-electron chi connectivity index (χ4n) is 4.17. The van der Waals surface area contributed by atoms with Gasteiger partial charge in [-0.1, -0.05) is 6.92 Å². The van der Waals surface area contributed by atoms with E-state index in [4.69, 9.17) is 20.6 Å². The quantitative estimate of drug-likeness (QED) is 0.309.